The number of aliphatic hydroxyl groups is 1. The number of nitrogens with zero attached hydrogens (tertiary/aromatic N) is 2. The molecule has 1 atom stereocenters. The normalized spacial score (nSPS) is 13.7. The number of aromatic nitrogens is 1. The van der Waals surface area contributed by atoms with Crippen LogP contribution in [0.15, 0.2) is 42.6 Å². The average molecular weight is 373 g/mol. The summed E-state index contributed by atoms with van der Waals surface area (Å²) < 4.78 is 0.569. The van der Waals surface area contributed by atoms with Gasteiger partial charge in [-0.15, -0.1) is 0 Å². The third-order valence-electron chi connectivity index (χ3n) is 4.46. The van der Waals surface area contributed by atoms with Crippen LogP contribution >= 0.6 is 11.6 Å². The van der Waals surface area contributed by atoms with Crippen LogP contribution in [-0.2, 0) is 10.2 Å². The maximum Gasteiger partial charge on any atom is 0.217 e. The van der Waals surface area contributed by atoms with Crippen LogP contribution in [0.1, 0.15) is 43.5 Å². The first-order valence-electron chi connectivity index (χ1n) is 8.23. The first-order valence-corrected chi connectivity index (χ1v) is 8.61. The zero-order valence-electron chi connectivity index (χ0n) is 15.0. The molecule has 6 heteroatoms. The van der Waals surface area contributed by atoms with Crippen molar-refractivity contribution in [3.63, 3.8) is 0 Å². The third-order valence-corrected chi connectivity index (χ3v) is 4.68. The molecule has 0 spiro atoms. The Morgan fingerprint density at radius 2 is 1.88 bits per heavy atom. The predicted octanol–water partition coefficient (Wildman–Crippen LogP) is 3.21. The molecular weight excluding hydrogens is 352 g/mol. The van der Waals surface area contributed by atoms with Crippen molar-refractivity contribution in [3.05, 3.63) is 69.6 Å². The van der Waals surface area contributed by atoms with E-state index in [9.17, 15) is 20.4 Å². The molecule has 0 aliphatic rings. The highest BCUT2D eigenvalue weighted by atomic mass is 35.5. The van der Waals surface area contributed by atoms with E-state index in [0.717, 1.165) is 5.56 Å². The fourth-order valence-corrected chi connectivity index (χ4v) is 2.98. The summed E-state index contributed by atoms with van der Waals surface area (Å²) in [7, 11) is 0. The number of hydrogen-bond donors (Lipinski definition) is 1. The number of carbonyl (C=O) groups is 1. The van der Waals surface area contributed by atoms with Gasteiger partial charge in [0.2, 0.25) is 5.69 Å². The molecule has 0 radical (unpaired) electrons. The van der Waals surface area contributed by atoms with Gasteiger partial charge in [-0.2, -0.15) is 9.99 Å². The van der Waals surface area contributed by atoms with Gasteiger partial charge >= 0.3 is 0 Å². The average Bonchev–Trinajstić information content (AvgIpc) is 2.57. The van der Waals surface area contributed by atoms with Gasteiger partial charge < -0.3 is 10.3 Å². The summed E-state index contributed by atoms with van der Waals surface area (Å²) in [5.74, 6) is -0.393. The third kappa shape index (κ3) is 4.04. The van der Waals surface area contributed by atoms with E-state index in [1.165, 1.54) is 26.1 Å². The van der Waals surface area contributed by atoms with Crippen LogP contribution in [-0.4, -0.2) is 16.5 Å². The number of benzene rings is 1. The molecule has 5 nitrogen and oxygen atoms in total. The summed E-state index contributed by atoms with van der Waals surface area (Å²) >= 11 is 5.87. The number of rotatable bonds is 6. The maximum absolute atomic E-state index is 12.5. The number of halogens is 1. The molecule has 0 fully saturated rings. The Balaban J connectivity index is 2.58. The van der Waals surface area contributed by atoms with Gasteiger partial charge in [0.05, 0.1) is 6.07 Å². The van der Waals surface area contributed by atoms with Gasteiger partial charge in [-0.1, -0.05) is 41.4 Å². The van der Waals surface area contributed by atoms with E-state index < -0.39 is 16.8 Å². The quantitative estimate of drug-likeness (QED) is 0.623. The number of aryl methyl sites for hydroxylation is 1. The van der Waals surface area contributed by atoms with Gasteiger partial charge in [0.25, 0.3) is 0 Å². The zero-order valence-corrected chi connectivity index (χ0v) is 15.7. The lowest BCUT2D eigenvalue weighted by Gasteiger charge is -2.27. The minimum absolute atomic E-state index is 0.0481. The highest BCUT2D eigenvalue weighted by molar-refractivity contribution is 6.30. The van der Waals surface area contributed by atoms with Crippen molar-refractivity contribution >= 4 is 17.4 Å². The number of carbonyl (C=O) groups excluding carboxylic acids is 1. The highest BCUT2D eigenvalue weighted by Gasteiger charge is 2.42. The largest absolute Gasteiger partial charge is 0.618 e. The molecule has 136 valence electrons. The molecule has 2 aromatic rings. The van der Waals surface area contributed by atoms with Crippen LogP contribution in [0.4, 0.5) is 0 Å². The second kappa shape index (κ2) is 7.45. The molecule has 26 heavy (non-hydrogen) atoms. The number of ketones is 1. The Kier molecular flexibility index (Phi) is 5.70. The van der Waals surface area contributed by atoms with E-state index in [2.05, 4.69) is 6.07 Å². The lowest BCUT2D eigenvalue weighted by atomic mass is 9.73. The second-order valence-corrected chi connectivity index (χ2v) is 7.36. The Morgan fingerprint density at radius 1 is 1.27 bits per heavy atom. The van der Waals surface area contributed by atoms with Crippen molar-refractivity contribution in [2.75, 3.05) is 0 Å². The van der Waals surface area contributed by atoms with E-state index in [4.69, 9.17) is 11.6 Å². The van der Waals surface area contributed by atoms with Crippen LogP contribution in [0.2, 0.25) is 5.02 Å². The minimum Gasteiger partial charge on any atom is -0.618 e. The second-order valence-electron chi connectivity index (χ2n) is 6.92. The molecule has 0 bridgehead atoms. The van der Waals surface area contributed by atoms with Crippen molar-refractivity contribution in [3.8, 4) is 6.07 Å². The van der Waals surface area contributed by atoms with Crippen LogP contribution < -0.4 is 4.73 Å². The van der Waals surface area contributed by atoms with Crippen LogP contribution in [0.5, 0.6) is 0 Å². The van der Waals surface area contributed by atoms with Crippen molar-refractivity contribution in [2.24, 2.45) is 0 Å². The number of hydrogen-bond acceptors (Lipinski definition) is 4. The number of Topliss-reactive ketones (excluding diaryl/α,β-unsaturated/α-hetero) is 1. The van der Waals surface area contributed by atoms with Crippen LogP contribution in [0.25, 0.3) is 0 Å². The molecule has 0 amide bonds. The molecule has 0 unspecified atom stereocenters. The molecule has 1 heterocycles. The Hall–Kier alpha value is -2.42. The zero-order chi connectivity index (χ0) is 19.5. The predicted molar refractivity (Wildman–Crippen MR) is 98.5 cm³/mol. The first-order chi connectivity index (χ1) is 12.1. The lowest BCUT2D eigenvalue weighted by Crippen LogP contribution is -2.43. The van der Waals surface area contributed by atoms with Crippen LogP contribution in [0, 0.1) is 23.5 Å². The van der Waals surface area contributed by atoms with Crippen LogP contribution in [0.3, 0.4) is 0 Å². The van der Waals surface area contributed by atoms with Gasteiger partial charge in [-0.3, -0.25) is 4.79 Å². The van der Waals surface area contributed by atoms with E-state index in [1.54, 1.807) is 18.2 Å². The van der Waals surface area contributed by atoms with Gasteiger partial charge in [0.15, 0.2) is 17.4 Å². The van der Waals surface area contributed by atoms with E-state index in [1.807, 2.05) is 19.1 Å². The van der Waals surface area contributed by atoms with Gasteiger partial charge in [-0.05, 0) is 38.8 Å². The van der Waals surface area contributed by atoms with Crippen molar-refractivity contribution in [1.29, 1.82) is 5.26 Å². The summed E-state index contributed by atoms with van der Waals surface area (Å²) in [5.41, 5.74) is -1.01. The summed E-state index contributed by atoms with van der Waals surface area (Å²) in [4.78, 5) is 12.2. The summed E-state index contributed by atoms with van der Waals surface area (Å²) in [5, 5.41) is 32.7. The molecule has 2 rings (SSSR count). The number of pyridine rings is 1. The fraction of sp³-hybridized carbons (Fsp3) is 0.350. The molecule has 0 saturated heterocycles. The molecule has 1 aromatic heterocycles. The summed E-state index contributed by atoms with van der Waals surface area (Å²) in [6.07, 6.45) is 1.21. The Bertz CT molecular complexity index is 851. The highest BCUT2D eigenvalue weighted by Crippen LogP contribution is 2.36. The fourth-order valence-electron chi connectivity index (χ4n) is 2.83. The summed E-state index contributed by atoms with van der Waals surface area (Å²) in [6, 6.07) is 12.6. The van der Waals surface area contributed by atoms with Gasteiger partial charge in [0, 0.05) is 12.5 Å². The SMILES string of the molecule is Cc1ccc([C@](C#N)(CCC(=O)C(C)(C)O)c2ccc(Cl)c[n+]2[O-])cc1. The molecule has 0 aliphatic heterocycles. The van der Waals surface area contributed by atoms with Gasteiger partial charge in [0.1, 0.15) is 10.6 Å². The summed E-state index contributed by atoms with van der Waals surface area (Å²) in [6.45, 7) is 4.74. The standard InChI is InChI=1S/C20H21ClN2O3/c1-14-4-6-15(7-5-14)20(13-22,11-10-18(24)19(2,3)25)17-9-8-16(21)12-23(17)26/h4-9,12,25H,10-11H2,1-3H3/t20-/m1/s1. The van der Waals surface area contributed by atoms with Gasteiger partial charge in [-0.25, -0.2) is 0 Å². The molecule has 0 saturated carbocycles. The van der Waals surface area contributed by atoms with Crippen molar-refractivity contribution < 1.29 is 14.6 Å². The van der Waals surface area contributed by atoms with E-state index in [0.29, 0.717) is 10.3 Å². The molecule has 0 aliphatic carbocycles. The smallest absolute Gasteiger partial charge is 0.217 e. The van der Waals surface area contributed by atoms with Crippen molar-refractivity contribution in [1.82, 2.24) is 0 Å². The monoisotopic (exact) mass is 372 g/mol. The van der Waals surface area contributed by atoms with Crippen molar-refractivity contribution in [2.45, 2.75) is 44.6 Å². The number of nitriles is 1. The maximum atomic E-state index is 12.5. The topological polar surface area (TPSA) is 88.0 Å². The molecule has 1 N–H and O–H groups in total. The van der Waals surface area contributed by atoms with E-state index in [-0.39, 0.29) is 23.6 Å². The minimum atomic E-state index is -1.50. The first kappa shape index (κ1) is 19.9. The lowest BCUT2D eigenvalue weighted by molar-refractivity contribution is -0.616. The van der Waals surface area contributed by atoms with E-state index >= 15 is 0 Å². The molecule has 1 aromatic carbocycles. The Morgan fingerprint density at radius 3 is 2.38 bits per heavy atom. The Labute approximate surface area is 158 Å². The molecular formula is C20H21ClN2O3.